The molecule has 2 atom stereocenters. The first-order valence-corrected chi connectivity index (χ1v) is 5.08. The third kappa shape index (κ3) is 1.47. The largest absolute Gasteiger partial charge is 0.342 e. The lowest BCUT2D eigenvalue weighted by atomic mass is 10.1. The van der Waals surface area contributed by atoms with Gasteiger partial charge in [0.2, 0.25) is 5.91 Å². The third-order valence-corrected chi connectivity index (χ3v) is 3.09. The highest BCUT2D eigenvalue weighted by Crippen LogP contribution is 2.39. The minimum absolute atomic E-state index is 0.392. The molecule has 0 aromatic heterocycles. The molecule has 1 amide bonds. The van der Waals surface area contributed by atoms with Gasteiger partial charge in [0.25, 0.3) is 0 Å². The topological polar surface area (TPSA) is 20.3 Å². The zero-order valence-corrected chi connectivity index (χ0v) is 7.75. The van der Waals surface area contributed by atoms with Crippen molar-refractivity contribution in [2.45, 2.75) is 32.6 Å². The summed E-state index contributed by atoms with van der Waals surface area (Å²) in [6, 6.07) is 0. The first kappa shape index (κ1) is 8.09. The van der Waals surface area contributed by atoms with Gasteiger partial charge in [-0.15, -0.1) is 0 Å². The van der Waals surface area contributed by atoms with Crippen molar-refractivity contribution in [3.63, 3.8) is 0 Å². The maximum Gasteiger partial charge on any atom is 0.225 e. The molecule has 2 nitrogen and oxygen atoms in total. The van der Waals surface area contributed by atoms with Crippen molar-refractivity contribution in [1.82, 2.24) is 4.90 Å². The lowest BCUT2D eigenvalue weighted by Gasteiger charge is -2.26. The van der Waals surface area contributed by atoms with Gasteiger partial charge in [-0.1, -0.05) is 6.92 Å². The molecular weight excluding hydrogens is 150 g/mol. The molecule has 68 valence electrons. The third-order valence-electron chi connectivity index (χ3n) is 3.09. The molecule has 0 aromatic carbocycles. The maximum absolute atomic E-state index is 11.7. The molecule has 1 saturated carbocycles. The summed E-state index contributed by atoms with van der Waals surface area (Å²) in [5, 5.41) is 0. The average Bonchev–Trinajstić information content (AvgIpc) is 2.83. The van der Waals surface area contributed by atoms with Gasteiger partial charge in [0.1, 0.15) is 0 Å². The summed E-state index contributed by atoms with van der Waals surface area (Å²) in [5.41, 5.74) is 0. The minimum Gasteiger partial charge on any atom is -0.342 e. The van der Waals surface area contributed by atoms with E-state index >= 15 is 0 Å². The van der Waals surface area contributed by atoms with E-state index in [1.165, 1.54) is 19.3 Å². The molecular formula is C10H17NO. The van der Waals surface area contributed by atoms with Crippen LogP contribution in [0.3, 0.4) is 0 Å². The smallest absolute Gasteiger partial charge is 0.225 e. The van der Waals surface area contributed by atoms with Crippen LogP contribution in [0.2, 0.25) is 0 Å². The van der Waals surface area contributed by atoms with Crippen LogP contribution in [0.15, 0.2) is 0 Å². The summed E-state index contributed by atoms with van der Waals surface area (Å²) in [4.78, 5) is 13.8. The molecule has 0 N–H and O–H groups in total. The Morgan fingerprint density at radius 3 is 2.33 bits per heavy atom. The van der Waals surface area contributed by atoms with E-state index in [-0.39, 0.29) is 0 Å². The van der Waals surface area contributed by atoms with Crippen molar-refractivity contribution in [2.75, 3.05) is 13.1 Å². The van der Waals surface area contributed by atoms with Gasteiger partial charge in [-0.2, -0.15) is 0 Å². The molecule has 0 bridgehead atoms. The number of amides is 1. The van der Waals surface area contributed by atoms with Gasteiger partial charge in [0.15, 0.2) is 0 Å². The second-order valence-electron chi connectivity index (χ2n) is 4.21. The Hall–Kier alpha value is -0.530. The first-order valence-electron chi connectivity index (χ1n) is 5.08. The normalized spacial score (nSPS) is 34.9. The van der Waals surface area contributed by atoms with Gasteiger partial charge in [-0.25, -0.2) is 0 Å². The Bertz CT molecular complexity index is 184. The molecule has 0 aromatic rings. The zero-order chi connectivity index (χ0) is 8.55. The van der Waals surface area contributed by atoms with E-state index < -0.39 is 0 Å². The van der Waals surface area contributed by atoms with Crippen molar-refractivity contribution in [3.05, 3.63) is 0 Å². The molecule has 1 aliphatic carbocycles. The highest BCUT2D eigenvalue weighted by Gasteiger charge is 2.41. The van der Waals surface area contributed by atoms with E-state index in [1.807, 2.05) is 0 Å². The fourth-order valence-electron chi connectivity index (χ4n) is 2.01. The van der Waals surface area contributed by atoms with Gasteiger partial charge in [-0.05, 0) is 31.6 Å². The van der Waals surface area contributed by atoms with E-state index in [9.17, 15) is 4.79 Å². The average molecular weight is 167 g/mol. The van der Waals surface area contributed by atoms with E-state index in [0.717, 1.165) is 19.5 Å². The van der Waals surface area contributed by atoms with Gasteiger partial charge < -0.3 is 4.90 Å². The molecule has 1 heterocycles. The van der Waals surface area contributed by atoms with E-state index in [2.05, 4.69) is 11.8 Å². The molecule has 1 saturated heterocycles. The predicted molar refractivity (Wildman–Crippen MR) is 47.7 cm³/mol. The second-order valence-corrected chi connectivity index (χ2v) is 4.21. The Morgan fingerprint density at radius 1 is 1.25 bits per heavy atom. The second kappa shape index (κ2) is 3.08. The van der Waals surface area contributed by atoms with E-state index in [0.29, 0.717) is 17.7 Å². The van der Waals surface area contributed by atoms with Crippen LogP contribution in [-0.4, -0.2) is 23.9 Å². The Labute approximate surface area is 73.9 Å². The SMILES string of the molecule is CC1CC1C(=O)N1CCCCC1. The molecule has 2 heteroatoms. The summed E-state index contributed by atoms with van der Waals surface area (Å²) >= 11 is 0. The summed E-state index contributed by atoms with van der Waals surface area (Å²) in [5.74, 6) is 1.49. The highest BCUT2D eigenvalue weighted by atomic mass is 16.2. The van der Waals surface area contributed by atoms with Crippen LogP contribution < -0.4 is 0 Å². The highest BCUT2D eigenvalue weighted by molar-refractivity contribution is 5.81. The Balaban J connectivity index is 1.86. The van der Waals surface area contributed by atoms with Crippen molar-refractivity contribution in [1.29, 1.82) is 0 Å². The van der Waals surface area contributed by atoms with Crippen molar-refractivity contribution >= 4 is 5.91 Å². The molecule has 2 rings (SSSR count). The first-order chi connectivity index (χ1) is 5.79. The zero-order valence-electron chi connectivity index (χ0n) is 7.75. The Kier molecular flexibility index (Phi) is 2.07. The molecule has 1 aliphatic heterocycles. The summed E-state index contributed by atoms with van der Waals surface area (Å²) in [7, 11) is 0. The quantitative estimate of drug-likeness (QED) is 0.581. The van der Waals surface area contributed by atoms with Crippen LogP contribution in [-0.2, 0) is 4.79 Å². The van der Waals surface area contributed by atoms with Crippen LogP contribution in [0.1, 0.15) is 32.6 Å². The summed E-state index contributed by atoms with van der Waals surface area (Å²) < 4.78 is 0. The fraction of sp³-hybridized carbons (Fsp3) is 0.900. The number of hydrogen-bond donors (Lipinski definition) is 0. The lowest BCUT2D eigenvalue weighted by molar-refractivity contribution is -0.133. The number of nitrogens with zero attached hydrogens (tertiary/aromatic N) is 1. The van der Waals surface area contributed by atoms with Crippen LogP contribution in [0.25, 0.3) is 0 Å². The minimum atomic E-state index is 0.392. The van der Waals surface area contributed by atoms with Crippen molar-refractivity contribution in [2.24, 2.45) is 11.8 Å². The number of hydrogen-bond acceptors (Lipinski definition) is 1. The van der Waals surface area contributed by atoms with Crippen molar-refractivity contribution < 1.29 is 4.79 Å². The van der Waals surface area contributed by atoms with E-state index in [4.69, 9.17) is 0 Å². The van der Waals surface area contributed by atoms with Gasteiger partial charge >= 0.3 is 0 Å². The van der Waals surface area contributed by atoms with Crippen LogP contribution >= 0.6 is 0 Å². The number of piperidine rings is 1. The van der Waals surface area contributed by atoms with Gasteiger partial charge in [0, 0.05) is 19.0 Å². The monoisotopic (exact) mass is 167 g/mol. The number of carbonyl (C=O) groups is 1. The van der Waals surface area contributed by atoms with Crippen molar-refractivity contribution in [3.8, 4) is 0 Å². The standard InChI is InChI=1S/C10H17NO/c1-8-7-9(8)10(12)11-5-3-2-4-6-11/h8-9H,2-7H2,1H3. The molecule has 2 fully saturated rings. The van der Waals surface area contributed by atoms with Crippen LogP contribution in [0, 0.1) is 11.8 Å². The van der Waals surface area contributed by atoms with E-state index in [1.54, 1.807) is 0 Å². The summed E-state index contributed by atoms with van der Waals surface area (Å²) in [6.07, 6.45) is 4.87. The number of likely N-dealkylation sites (tertiary alicyclic amines) is 1. The molecule has 12 heavy (non-hydrogen) atoms. The molecule has 2 aliphatic rings. The lowest BCUT2D eigenvalue weighted by Crippen LogP contribution is -2.36. The number of carbonyl (C=O) groups excluding carboxylic acids is 1. The van der Waals surface area contributed by atoms with Crippen LogP contribution in [0.4, 0.5) is 0 Å². The van der Waals surface area contributed by atoms with Crippen LogP contribution in [0.5, 0.6) is 0 Å². The van der Waals surface area contributed by atoms with Gasteiger partial charge in [-0.3, -0.25) is 4.79 Å². The fourth-order valence-corrected chi connectivity index (χ4v) is 2.01. The predicted octanol–water partition coefficient (Wildman–Crippen LogP) is 1.65. The Morgan fingerprint density at radius 2 is 1.83 bits per heavy atom. The maximum atomic E-state index is 11.7. The summed E-state index contributed by atoms with van der Waals surface area (Å²) in [6.45, 7) is 4.20. The van der Waals surface area contributed by atoms with Gasteiger partial charge in [0.05, 0.1) is 0 Å². The molecule has 0 radical (unpaired) electrons. The molecule has 0 spiro atoms. The molecule has 2 unspecified atom stereocenters. The number of rotatable bonds is 1.